The third kappa shape index (κ3) is 2.97. The van der Waals surface area contributed by atoms with Crippen LogP contribution in [0.15, 0.2) is 36.5 Å². The summed E-state index contributed by atoms with van der Waals surface area (Å²) in [6.45, 7) is 0. The molecule has 1 aromatic carbocycles. The van der Waals surface area contributed by atoms with Crippen molar-refractivity contribution >= 4 is 34.9 Å². The average molecular weight is 285 g/mol. The van der Waals surface area contributed by atoms with E-state index in [0.29, 0.717) is 10.8 Å². The van der Waals surface area contributed by atoms with Crippen LogP contribution in [-0.4, -0.2) is 10.9 Å². The normalized spacial score (nSPS) is 10.2. The van der Waals surface area contributed by atoms with Crippen LogP contribution in [-0.2, 0) is 0 Å². The van der Waals surface area contributed by atoms with Gasteiger partial charge in [-0.3, -0.25) is 4.79 Å². The third-order valence-electron chi connectivity index (χ3n) is 2.14. The molecule has 0 atom stereocenters. The molecule has 92 valence electrons. The lowest BCUT2D eigenvalue weighted by Gasteiger charge is -2.06. The summed E-state index contributed by atoms with van der Waals surface area (Å²) in [6, 6.07) is 6.62. The summed E-state index contributed by atoms with van der Waals surface area (Å²) in [5.74, 6) is -0.680. The van der Waals surface area contributed by atoms with Gasteiger partial charge < -0.3 is 5.32 Å². The fourth-order valence-electron chi connectivity index (χ4n) is 1.33. The van der Waals surface area contributed by atoms with Gasteiger partial charge in [-0.2, -0.15) is 0 Å². The Bertz CT molecular complexity index is 604. The first kappa shape index (κ1) is 12.8. The zero-order chi connectivity index (χ0) is 13.1. The molecule has 0 fully saturated rings. The van der Waals surface area contributed by atoms with Crippen LogP contribution < -0.4 is 5.32 Å². The number of halogens is 3. The SMILES string of the molecule is O=C(Nc1cc(Cl)ccn1)c1ccc(F)cc1Cl. The van der Waals surface area contributed by atoms with Crippen molar-refractivity contribution in [3.8, 4) is 0 Å². The van der Waals surface area contributed by atoms with E-state index in [1.54, 1.807) is 6.07 Å². The molecule has 0 aliphatic carbocycles. The van der Waals surface area contributed by atoms with Crippen LogP contribution >= 0.6 is 23.2 Å². The Labute approximate surface area is 113 Å². The minimum atomic E-state index is -0.502. The van der Waals surface area contributed by atoms with Crippen LogP contribution in [0.1, 0.15) is 10.4 Å². The predicted octanol–water partition coefficient (Wildman–Crippen LogP) is 3.78. The van der Waals surface area contributed by atoms with Crippen LogP contribution in [0.5, 0.6) is 0 Å². The number of amides is 1. The predicted molar refractivity (Wildman–Crippen MR) is 68.6 cm³/mol. The first-order valence-electron chi connectivity index (χ1n) is 4.94. The van der Waals surface area contributed by atoms with Crippen molar-refractivity contribution in [2.75, 3.05) is 5.32 Å². The molecule has 6 heteroatoms. The largest absolute Gasteiger partial charge is 0.306 e. The number of carbonyl (C=O) groups excluding carboxylic acids is 1. The van der Waals surface area contributed by atoms with Gasteiger partial charge in [0.2, 0.25) is 0 Å². The van der Waals surface area contributed by atoms with Gasteiger partial charge in [0.05, 0.1) is 10.6 Å². The van der Waals surface area contributed by atoms with Crippen molar-refractivity contribution in [1.29, 1.82) is 0 Å². The second-order valence-electron chi connectivity index (χ2n) is 3.44. The van der Waals surface area contributed by atoms with Gasteiger partial charge in [0, 0.05) is 11.2 Å². The average Bonchev–Trinajstić information content (AvgIpc) is 2.28. The molecule has 0 spiro atoms. The Morgan fingerprint density at radius 1 is 1.22 bits per heavy atom. The number of nitrogens with one attached hydrogen (secondary N) is 1. The van der Waals surface area contributed by atoms with E-state index in [9.17, 15) is 9.18 Å². The number of hydrogen-bond acceptors (Lipinski definition) is 2. The molecule has 0 aliphatic heterocycles. The minimum absolute atomic E-state index is 0.0366. The molecule has 0 saturated heterocycles. The summed E-state index contributed by atoms with van der Waals surface area (Å²) in [5, 5.41) is 3.00. The number of aromatic nitrogens is 1. The van der Waals surface area contributed by atoms with Crippen LogP contribution in [0, 0.1) is 5.82 Å². The molecule has 3 nitrogen and oxygen atoms in total. The Morgan fingerprint density at radius 2 is 2.00 bits per heavy atom. The van der Waals surface area contributed by atoms with Gasteiger partial charge in [-0.25, -0.2) is 9.37 Å². The second-order valence-corrected chi connectivity index (χ2v) is 4.28. The van der Waals surface area contributed by atoms with E-state index in [1.807, 2.05) is 0 Å². The molecule has 0 bridgehead atoms. The van der Waals surface area contributed by atoms with Gasteiger partial charge in [-0.05, 0) is 30.3 Å². The van der Waals surface area contributed by atoms with Crippen molar-refractivity contribution in [1.82, 2.24) is 4.98 Å². The smallest absolute Gasteiger partial charge is 0.258 e. The lowest BCUT2D eigenvalue weighted by molar-refractivity contribution is 0.102. The molecule has 0 aliphatic rings. The molecule has 0 unspecified atom stereocenters. The Kier molecular flexibility index (Phi) is 3.79. The number of pyridine rings is 1. The monoisotopic (exact) mass is 284 g/mol. The standard InChI is InChI=1S/C12H7Cl2FN2O/c13-7-3-4-16-11(5-7)17-12(18)9-2-1-8(15)6-10(9)14/h1-6H,(H,16,17,18). The Balaban J connectivity index is 2.22. The molecule has 1 amide bonds. The maximum absolute atomic E-state index is 12.8. The van der Waals surface area contributed by atoms with Gasteiger partial charge >= 0.3 is 0 Å². The molecular formula is C12H7Cl2FN2O. The lowest BCUT2D eigenvalue weighted by Crippen LogP contribution is -2.13. The number of benzene rings is 1. The molecular weight excluding hydrogens is 278 g/mol. The van der Waals surface area contributed by atoms with E-state index in [2.05, 4.69) is 10.3 Å². The van der Waals surface area contributed by atoms with Crippen molar-refractivity contribution in [2.45, 2.75) is 0 Å². The molecule has 0 radical (unpaired) electrons. The molecule has 2 aromatic rings. The van der Waals surface area contributed by atoms with Crippen molar-refractivity contribution in [3.63, 3.8) is 0 Å². The number of anilines is 1. The van der Waals surface area contributed by atoms with E-state index in [0.717, 1.165) is 12.1 Å². The third-order valence-corrected chi connectivity index (χ3v) is 2.69. The molecule has 0 saturated carbocycles. The summed E-state index contributed by atoms with van der Waals surface area (Å²) in [6.07, 6.45) is 1.46. The summed E-state index contributed by atoms with van der Waals surface area (Å²) >= 11 is 11.5. The number of carbonyl (C=O) groups is 1. The Hall–Kier alpha value is -1.65. The maximum Gasteiger partial charge on any atom is 0.258 e. The van der Waals surface area contributed by atoms with Crippen LogP contribution in [0.2, 0.25) is 10.0 Å². The van der Waals surface area contributed by atoms with Gasteiger partial charge in [-0.15, -0.1) is 0 Å². The van der Waals surface area contributed by atoms with Gasteiger partial charge in [-0.1, -0.05) is 23.2 Å². The fourth-order valence-corrected chi connectivity index (χ4v) is 1.74. The summed E-state index contributed by atoms with van der Waals surface area (Å²) in [5.41, 5.74) is 0.167. The van der Waals surface area contributed by atoms with Crippen molar-refractivity contribution in [2.24, 2.45) is 0 Å². The van der Waals surface area contributed by atoms with Crippen LogP contribution in [0.25, 0.3) is 0 Å². The number of rotatable bonds is 2. The topological polar surface area (TPSA) is 42.0 Å². The summed E-state index contributed by atoms with van der Waals surface area (Å²) < 4.78 is 12.8. The van der Waals surface area contributed by atoms with E-state index < -0.39 is 11.7 Å². The number of nitrogens with zero attached hydrogens (tertiary/aromatic N) is 1. The molecule has 1 aromatic heterocycles. The summed E-state index contributed by atoms with van der Waals surface area (Å²) in [4.78, 5) is 15.8. The molecule has 18 heavy (non-hydrogen) atoms. The Morgan fingerprint density at radius 3 is 2.67 bits per heavy atom. The highest BCUT2D eigenvalue weighted by atomic mass is 35.5. The van der Waals surface area contributed by atoms with Gasteiger partial charge in [0.25, 0.3) is 5.91 Å². The van der Waals surface area contributed by atoms with Gasteiger partial charge in [0.1, 0.15) is 11.6 Å². The molecule has 1 N–H and O–H groups in total. The zero-order valence-corrected chi connectivity index (χ0v) is 10.5. The lowest BCUT2D eigenvalue weighted by atomic mass is 10.2. The first-order valence-corrected chi connectivity index (χ1v) is 5.70. The molecule has 1 heterocycles. The van der Waals surface area contributed by atoms with Gasteiger partial charge in [0.15, 0.2) is 0 Å². The van der Waals surface area contributed by atoms with Crippen LogP contribution in [0.3, 0.4) is 0 Å². The first-order chi connectivity index (χ1) is 8.56. The highest BCUT2D eigenvalue weighted by Gasteiger charge is 2.11. The van der Waals surface area contributed by atoms with E-state index in [-0.39, 0.29) is 10.6 Å². The quantitative estimate of drug-likeness (QED) is 0.912. The van der Waals surface area contributed by atoms with E-state index in [4.69, 9.17) is 23.2 Å². The van der Waals surface area contributed by atoms with Crippen LogP contribution in [0.4, 0.5) is 10.2 Å². The van der Waals surface area contributed by atoms with E-state index in [1.165, 1.54) is 18.3 Å². The van der Waals surface area contributed by atoms with Crippen molar-refractivity contribution < 1.29 is 9.18 Å². The minimum Gasteiger partial charge on any atom is -0.306 e. The second kappa shape index (κ2) is 5.33. The summed E-state index contributed by atoms with van der Waals surface area (Å²) in [7, 11) is 0. The highest BCUT2D eigenvalue weighted by molar-refractivity contribution is 6.34. The fraction of sp³-hybridized carbons (Fsp3) is 0. The molecule has 2 rings (SSSR count). The number of hydrogen-bond donors (Lipinski definition) is 1. The van der Waals surface area contributed by atoms with E-state index >= 15 is 0 Å². The van der Waals surface area contributed by atoms with Crippen molar-refractivity contribution in [3.05, 3.63) is 58.0 Å². The zero-order valence-electron chi connectivity index (χ0n) is 8.95. The maximum atomic E-state index is 12.8. The highest BCUT2D eigenvalue weighted by Crippen LogP contribution is 2.19.